The van der Waals surface area contributed by atoms with E-state index in [9.17, 15) is 19.8 Å². The fourth-order valence-corrected chi connectivity index (χ4v) is 1.55. The molecule has 5 heteroatoms. The molecule has 0 aromatic carbocycles. The van der Waals surface area contributed by atoms with Gasteiger partial charge in [-0.2, -0.15) is 0 Å². The van der Waals surface area contributed by atoms with Crippen molar-refractivity contribution in [3.63, 3.8) is 0 Å². The number of rotatable bonds is 9. The first-order valence-electron chi connectivity index (χ1n) is 5.91. The molecule has 0 amide bonds. The molecular weight excluding hydrogens is 236 g/mol. The molecule has 0 saturated heterocycles. The second-order valence-corrected chi connectivity index (χ2v) is 4.68. The molecular formula is C13H22O5. The molecule has 0 aliphatic rings. The minimum atomic E-state index is -0.922. The highest BCUT2D eigenvalue weighted by Crippen LogP contribution is 2.30. The van der Waals surface area contributed by atoms with Gasteiger partial charge in [0.05, 0.1) is 18.6 Å². The van der Waals surface area contributed by atoms with Crippen LogP contribution in [-0.4, -0.2) is 42.3 Å². The van der Waals surface area contributed by atoms with Gasteiger partial charge in [-0.25, -0.2) is 4.79 Å². The van der Waals surface area contributed by atoms with Gasteiger partial charge in [0.25, 0.3) is 0 Å². The van der Waals surface area contributed by atoms with E-state index < -0.39 is 11.4 Å². The van der Waals surface area contributed by atoms with Crippen LogP contribution in [0.1, 0.15) is 26.7 Å². The van der Waals surface area contributed by atoms with Crippen LogP contribution >= 0.6 is 0 Å². The molecule has 0 aromatic heterocycles. The zero-order valence-electron chi connectivity index (χ0n) is 11.0. The third-order valence-electron chi connectivity index (χ3n) is 3.23. The van der Waals surface area contributed by atoms with E-state index in [1.165, 1.54) is 6.92 Å². The maximum atomic E-state index is 11.3. The van der Waals surface area contributed by atoms with Crippen molar-refractivity contribution in [2.75, 3.05) is 19.8 Å². The zero-order chi connectivity index (χ0) is 14.2. The summed E-state index contributed by atoms with van der Waals surface area (Å²) in [6.45, 7) is 6.07. The van der Waals surface area contributed by atoms with E-state index in [1.807, 2.05) is 6.92 Å². The van der Waals surface area contributed by atoms with Crippen molar-refractivity contribution in [1.82, 2.24) is 0 Å². The Bertz CT molecular complexity index is 294. The molecule has 0 aliphatic heterocycles. The minimum Gasteiger partial charge on any atom is -0.462 e. The Morgan fingerprint density at radius 1 is 1.44 bits per heavy atom. The van der Waals surface area contributed by atoms with Crippen LogP contribution in [0.25, 0.3) is 0 Å². The van der Waals surface area contributed by atoms with E-state index in [0.29, 0.717) is 12.8 Å². The van der Waals surface area contributed by atoms with Crippen molar-refractivity contribution in [3.8, 4) is 0 Å². The maximum Gasteiger partial charge on any atom is 0.333 e. The molecule has 0 saturated carbocycles. The lowest BCUT2D eigenvalue weighted by atomic mass is 9.76. The number of carbonyl (C=O) groups is 2. The summed E-state index contributed by atoms with van der Waals surface area (Å²) < 4.78 is 5.01. The number of aliphatic hydroxyl groups is 2. The molecule has 1 atom stereocenters. The summed E-state index contributed by atoms with van der Waals surface area (Å²) in [5, 5.41) is 18.9. The predicted molar refractivity (Wildman–Crippen MR) is 66.8 cm³/mol. The van der Waals surface area contributed by atoms with E-state index in [4.69, 9.17) is 4.74 Å². The first-order valence-corrected chi connectivity index (χ1v) is 5.91. The van der Waals surface area contributed by atoms with Crippen molar-refractivity contribution in [1.29, 1.82) is 0 Å². The largest absolute Gasteiger partial charge is 0.462 e. The molecule has 2 N–H and O–H groups in total. The van der Waals surface area contributed by atoms with Crippen LogP contribution in [0.4, 0.5) is 0 Å². The number of carbonyl (C=O) groups excluding carboxylic acids is 2. The van der Waals surface area contributed by atoms with E-state index in [2.05, 4.69) is 6.58 Å². The highest BCUT2D eigenvalue weighted by atomic mass is 16.5. The highest BCUT2D eigenvalue weighted by Gasteiger charge is 2.36. The van der Waals surface area contributed by atoms with E-state index in [-0.39, 0.29) is 31.3 Å². The van der Waals surface area contributed by atoms with Crippen molar-refractivity contribution >= 4 is 12.3 Å². The maximum absolute atomic E-state index is 11.3. The number of esters is 1. The Hall–Kier alpha value is -1.20. The molecule has 0 heterocycles. The van der Waals surface area contributed by atoms with Gasteiger partial charge in [0.1, 0.15) is 12.9 Å². The Morgan fingerprint density at radius 2 is 2.00 bits per heavy atom. The molecule has 0 fully saturated rings. The predicted octanol–water partition coefficient (Wildman–Crippen LogP) is 0.692. The molecule has 0 aromatic rings. The Labute approximate surface area is 107 Å². The third-order valence-corrected chi connectivity index (χ3v) is 3.23. The average Bonchev–Trinajstić information content (AvgIpc) is 2.37. The van der Waals surface area contributed by atoms with Gasteiger partial charge in [-0.15, -0.1) is 0 Å². The fourth-order valence-electron chi connectivity index (χ4n) is 1.55. The van der Waals surface area contributed by atoms with Gasteiger partial charge >= 0.3 is 5.97 Å². The molecule has 0 radical (unpaired) electrons. The van der Waals surface area contributed by atoms with Crippen LogP contribution in [0.3, 0.4) is 0 Å². The Balaban J connectivity index is 4.64. The van der Waals surface area contributed by atoms with Crippen molar-refractivity contribution in [2.24, 2.45) is 11.3 Å². The molecule has 0 aliphatic carbocycles. The van der Waals surface area contributed by atoms with E-state index in [1.54, 1.807) is 0 Å². The standard InChI is InChI=1S/C13H22O5/c1-10(2)12(17)18-9-13(7-15,8-16)11(3)5-4-6-14/h6,11,15-16H,1,4-5,7-9H2,2-3H3. The quantitative estimate of drug-likeness (QED) is 0.361. The number of hydrogen-bond donors (Lipinski definition) is 2. The molecule has 1 unspecified atom stereocenters. The lowest BCUT2D eigenvalue weighted by molar-refractivity contribution is -0.147. The van der Waals surface area contributed by atoms with Crippen molar-refractivity contribution in [3.05, 3.63) is 12.2 Å². The average molecular weight is 258 g/mol. The Morgan fingerprint density at radius 3 is 2.39 bits per heavy atom. The molecule has 0 rings (SSSR count). The summed E-state index contributed by atoms with van der Waals surface area (Å²) in [5.41, 5.74) is -0.658. The van der Waals surface area contributed by atoms with Crippen molar-refractivity contribution in [2.45, 2.75) is 26.7 Å². The van der Waals surface area contributed by atoms with Gasteiger partial charge in [0.2, 0.25) is 0 Å². The van der Waals surface area contributed by atoms with Crippen LogP contribution in [0.2, 0.25) is 0 Å². The minimum absolute atomic E-state index is 0.0916. The fraction of sp³-hybridized carbons (Fsp3) is 0.692. The van der Waals surface area contributed by atoms with Crippen LogP contribution in [-0.2, 0) is 14.3 Å². The number of aliphatic hydroxyl groups excluding tert-OH is 2. The third kappa shape index (κ3) is 4.58. The molecule has 104 valence electrons. The summed E-state index contributed by atoms with van der Waals surface area (Å²) in [5.74, 6) is -0.695. The van der Waals surface area contributed by atoms with Crippen LogP contribution < -0.4 is 0 Å². The first-order chi connectivity index (χ1) is 8.43. The summed E-state index contributed by atoms with van der Waals surface area (Å²) in [7, 11) is 0. The van der Waals surface area contributed by atoms with Gasteiger partial charge < -0.3 is 19.7 Å². The zero-order valence-corrected chi connectivity index (χ0v) is 11.0. The van der Waals surface area contributed by atoms with Gasteiger partial charge in [0.15, 0.2) is 0 Å². The molecule has 0 bridgehead atoms. The first kappa shape index (κ1) is 16.8. The normalized spacial score (nSPS) is 12.9. The van der Waals surface area contributed by atoms with Gasteiger partial charge in [0, 0.05) is 12.0 Å². The molecule has 5 nitrogen and oxygen atoms in total. The monoisotopic (exact) mass is 258 g/mol. The SMILES string of the molecule is C=C(C)C(=O)OCC(CO)(CO)C(C)CCC=O. The summed E-state index contributed by atoms with van der Waals surface area (Å²) in [6.07, 6.45) is 1.66. The summed E-state index contributed by atoms with van der Waals surface area (Å²) in [6, 6.07) is 0. The summed E-state index contributed by atoms with van der Waals surface area (Å²) in [4.78, 5) is 21.7. The molecule has 18 heavy (non-hydrogen) atoms. The second kappa shape index (κ2) is 8.00. The number of hydrogen-bond acceptors (Lipinski definition) is 5. The summed E-state index contributed by atoms with van der Waals surface area (Å²) >= 11 is 0. The van der Waals surface area contributed by atoms with Crippen molar-refractivity contribution < 1.29 is 24.5 Å². The van der Waals surface area contributed by atoms with Crippen LogP contribution in [0.15, 0.2) is 12.2 Å². The lowest BCUT2D eigenvalue weighted by Crippen LogP contribution is -2.42. The number of aldehydes is 1. The van der Waals surface area contributed by atoms with Gasteiger partial charge in [-0.3, -0.25) is 0 Å². The van der Waals surface area contributed by atoms with Crippen LogP contribution in [0.5, 0.6) is 0 Å². The lowest BCUT2D eigenvalue weighted by Gasteiger charge is -2.35. The van der Waals surface area contributed by atoms with E-state index in [0.717, 1.165) is 6.29 Å². The van der Waals surface area contributed by atoms with E-state index >= 15 is 0 Å². The second-order valence-electron chi connectivity index (χ2n) is 4.68. The highest BCUT2D eigenvalue weighted by molar-refractivity contribution is 5.86. The molecule has 0 spiro atoms. The Kier molecular flexibility index (Phi) is 7.47. The van der Waals surface area contributed by atoms with Gasteiger partial charge in [-0.05, 0) is 19.3 Å². The number of ether oxygens (including phenoxy) is 1. The smallest absolute Gasteiger partial charge is 0.333 e. The topological polar surface area (TPSA) is 83.8 Å². The van der Waals surface area contributed by atoms with Gasteiger partial charge in [-0.1, -0.05) is 13.5 Å². The van der Waals surface area contributed by atoms with Crippen LogP contribution in [0, 0.1) is 11.3 Å².